The molecule has 0 aromatic heterocycles. The average molecular weight is 396 g/mol. The van der Waals surface area contributed by atoms with E-state index in [-0.39, 0.29) is 58.3 Å². The number of anilines is 1. The van der Waals surface area contributed by atoms with Crippen LogP contribution in [0.5, 0.6) is 0 Å². The zero-order valence-corrected chi connectivity index (χ0v) is 16.9. The van der Waals surface area contributed by atoms with Gasteiger partial charge in [-0.05, 0) is 18.2 Å². The van der Waals surface area contributed by atoms with Gasteiger partial charge in [-0.3, -0.25) is 14.7 Å². The summed E-state index contributed by atoms with van der Waals surface area (Å²) in [6.45, 7) is 0. The number of azo groups is 1. The van der Waals surface area contributed by atoms with Crippen molar-refractivity contribution in [1.29, 1.82) is 0 Å². The first kappa shape index (κ1) is 20.9. The minimum atomic E-state index is -4.50. The number of nitrogens with two attached hydrogens (primary N) is 1. The molecule has 3 N–H and O–H groups in total. The van der Waals surface area contributed by atoms with Crippen LogP contribution in [0.25, 0.3) is 10.8 Å². The van der Waals surface area contributed by atoms with Gasteiger partial charge >= 0.3 is 29.6 Å². The van der Waals surface area contributed by atoms with Crippen LogP contribution < -0.4 is 35.3 Å². The number of nitro groups is 1. The van der Waals surface area contributed by atoms with E-state index in [4.69, 9.17) is 5.73 Å². The smallest absolute Gasteiger partial charge is 1.00 e. The molecule has 0 saturated heterocycles. The molecule has 27 heavy (non-hydrogen) atoms. The summed E-state index contributed by atoms with van der Waals surface area (Å²) in [5, 5.41) is 19.2. The van der Waals surface area contributed by atoms with Crippen LogP contribution in [0, 0.1) is 10.1 Å². The normalized spacial score (nSPS) is 11.4. The Morgan fingerprint density at radius 1 is 1.04 bits per heavy atom. The van der Waals surface area contributed by atoms with Gasteiger partial charge < -0.3 is 7.16 Å². The predicted octanol–water partition coefficient (Wildman–Crippen LogP) is 1.11. The summed E-state index contributed by atoms with van der Waals surface area (Å²) in [7, 11) is -4.50. The largest absolute Gasteiger partial charge is 1.00 e. The quantitative estimate of drug-likeness (QED) is 0.168. The van der Waals surface area contributed by atoms with Crippen LogP contribution >= 0.6 is 0 Å². The molecule has 0 fully saturated rings. The number of rotatable bonds is 4. The Hall–Kier alpha value is -2.37. The molecule has 0 unspecified atom stereocenters. The van der Waals surface area contributed by atoms with Crippen molar-refractivity contribution >= 4 is 43.6 Å². The number of nitro benzene ring substituents is 1. The maximum atomic E-state index is 11.7. The van der Waals surface area contributed by atoms with Crippen molar-refractivity contribution in [3.05, 3.63) is 64.7 Å². The van der Waals surface area contributed by atoms with Gasteiger partial charge in [0, 0.05) is 22.9 Å². The summed E-state index contributed by atoms with van der Waals surface area (Å²) in [5.74, 6) is 0. The van der Waals surface area contributed by atoms with Crippen molar-refractivity contribution in [2.24, 2.45) is 10.2 Å². The third-order valence-electron chi connectivity index (χ3n) is 3.64. The van der Waals surface area contributed by atoms with E-state index in [1.54, 1.807) is 18.2 Å². The molecule has 0 atom stereocenters. The molecule has 9 nitrogen and oxygen atoms in total. The molecule has 0 aliphatic rings. The zero-order chi connectivity index (χ0) is 18.9. The summed E-state index contributed by atoms with van der Waals surface area (Å²) < 4.78 is 32.8. The van der Waals surface area contributed by atoms with Crippen molar-refractivity contribution in [2.75, 3.05) is 5.73 Å². The van der Waals surface area contributed by atoms with E-state index in [9.17, 15) is 23.1 Å². The van der Waals surface area contributed by atoms with Gasteiger partial charge in [-0.15, -0.1) is 5.11 Å². The van der Waals surface area contributed by atoms with Gasteiger partial charge in [0.15, 0.2) is 0 Å². The van der Waals surface area contributed by atoms with Crippen LogP contribution in [0.2, 0.25) is 0 Å². The first-order chi connectivity index (χ1) is 12.3. The molecule has 3 rings (SSSR count). The van der Waals surface area contributed by atoms with E-state index in [0.717, 1.165) is 6.07 Å². The molecule has 134 valence electrons. The van der Waals surface area contributed by atoms with Gasteiger partial charge in [0.25, 0.3) is 15.8 Å². The second-order valence-electron chi connectivity index (χ2n) is 5.30. The number of nitrogens with zero attached hydrogens (tertiary/aromatic N) is 3. The van der Waals surface area contributed by atoms with Gasteiger partial charge in [-0.1, -0.05) is 24.3 Å². The maximum Gasteiger partial charge on any atom is 1.00 e. The topological polar surface area (TPSA) is 148 Å². The number of non-ortho nitro benzene ring substituents is 1. The third-order valence-corrected chi connectivity index (χ3v) is 4.53. The Morgan fingerprint density at radius 3 is 2.19 bits per heavy atom. The van der Waals surface area contributed by atoms with Crippen molar-refractivity contribution in [3.8, 4) is 0 Å². The predicted molar refractivity (Wildman–Crippen MR) is 96.6 cm³/mol. The van der Waals surface area contributed by atoms with Crippen molar-refractivity contribution in [1.82, 2.24) is 0 Å². The summed E-state index contributed by atoms with van der Waals surface area (Å²) in [6, 6.07) is 12.9. The van der Waals surface area contributed by atoms with Crippen molar-refractivity contribution in [2.45, 2.75) is 4.90 Å². The molecule has 0 aliphatic carbocycles. The van der Waals surface area contributed by atoms with Crippen LogP contribution in [0.1, 0.15) is 1.43 Å². The van der Waals surface area contributed by atoms with Crippen molar-refractivity contribution < 1.29 is 48.9 Å². The van der Waals surface area contributed by atoms with E-state index < -0.39 is 15.0 Å². The van der Waals surface area contributed by atoms with Crippen LogP contribution in [-0.4, -0.2) is 17.9 Å². The first-order valence-corrected chi connectivity index (χ1v) is 8.66. The second-order valence-corrected chi connectivity index (χ2v) is 6.69. The first-order valence-electron chi connectivity index (χ1n) is 7.22. The minimum absolute atomic E-state index is 0. The molecule has 0 bridgehead atoms. The molecule has 0 spiro atoms. The summed E-state index contributed by atoms with van der Waals surface area (Å²) in [6.07, 6.45) is 0. The number of nitrogen functional groups attached to an aromatic ring is 1. The Bertz CT molecular complexity index is 1150. The summed E-state index contributed by atoms with van der Waals surface area (Å²) in [5.41, 5.74) is 6.51. The Morgan fingerprint density at radius 2 is 1.63 bits per heavy atom. The average Bonchev–Trinajstić information content (AvgIpc) is 2.60. The molecule has 0 radical (unpaired) electrons. The molecular weight excluding hydrogens is 383 g/mol. The Balaban J connectivity index is 0.00000196. The Kier molecular flexibility index (Phi) is 6.29. The van der Waals surface area contributed by atoms with Crippen LogP contribution in [-0.2, 0) is 10.1 Å². The monoisotopic (exact) mass is 396 g/mol. The molecule has 3 aromatic carbocycles. The molecule has 0 heterocycles. The van der Waals surface area contributed by atoms with Gasteiger partial charge in [0.05, 0.1) is 16.3 Å². The van der Waals surface area contributed by atoms with Gasteiger partial charge in [0.2, 0.25) is 0 Å². The maximum absolute atomic E-state index is 11.7. The van der Waals surface area contributed by atoms with Gasteiger partial charge in [-0.2, -0.15) is 13.5 Å². The van der Waals surface area contributed by atoms with Crippen LogP contribution in [0.4, 0.5) is 22.7 Å². The minimum Gasteiger partial charge on any atom is -1.00 e. The molecule has 0 aliphatic heterocycles. The second kappa shape index (κ2) is 8.11. The van der Waals surface area contributed by atoms with Crippen molar-refractivity contribution in [3.63, 3.8) is 0 Å². The number of fused-ring (bicyclic) bond motifs is 1. The summed E-state index contributed by atoms with van der Waals surface area (Å²) >= 11 is 0. The van der Waals surface area contributed by atoms with E-state index in [2.05, 4.69) is 10.2 Å². The number of hydrogen-bond acceptors (Lipinski definition) is 7. The van der Waals surface area contributed by atoms with Gasteiger partial charge in [0.1, 0.15) is 10.6 Å². The number of hydrogen-bond donors (Lipinski definition) is 2. The standard InChI is InChI=1S/C16H12N4O5S.Na.H/c17-16-13-4-2-1-3-12(13)15(26(23,24)25)9-14(16)19-18-10-5-7-11(8-6-10)20(21)22;;/h1-9H,17H2,(H,23,24,25);;/q;+1;-1. The van der Waals surface area contributed by atoms with Crippen LogP contribution in [0.15, 0.2) is 69.7 Å². The van der Waals surface area contributed by atoms with E-state index in [1.165, 1.54) is 30.3 Å². The molecule has 11 heteroatoms. The molecule has 0 amide bonds. The van der Waals surface area contributed by atoms with Gasteiger partial charge in [-0.25, -0.2) is 0 Å². The van der Waals surface area contributed by atoms with E-state index >= 15 is 0 Å². The fourth-order valence-corrected chi connectivity index (χ4v) is 3.12. The number of benzene rings is 3. The van der Waals surface area contributed by atoms with E-state index in [0.29, 0.717) is 11.1 Å². The summed E-state index contributed by atoms with van der Waals surface area (Å²) in [4.78, 5) is 9.77. The molecule has 0 saturated carbocycles. The SMILES string of the molecule is Nc1c(N=Nc2ccc([N+](=O)[O-])cc2)cc(S(=O)(=O)O)c2ccccc12.[H-].[Na+]. The van der Waals surface area contributed by atoms with Crippen LogP contribution in [0.3, 0.4) is 0 Å². The zero-order valence-electron chi connectivity index (χ0n) is 15.1. The molecular formula is C16H13N4NaO5S. The third kappa shape index (κ3) is 4.49. The molecule has 3 aromatic rings. The van der Waals surface area contributed by atoms with E-state index in [1.807, 2.05) is 0 Å². The fourth-order valence-electron chi connectivity index (χ4n) is 2.40. The fraction of sp³-hybridized carbons (Fsp3) is 0. The Labute approximate surface area is 177 Å².